The van der Waals surface area contributed by atoms with E-state index in [4.69, 9.17) is 17.3 Å². The van der Waals surface area contributed by atoms with Crippen LogP contribution >= 0.6 is 11.6 Å². The molecule has 3 aromatic rings. The van der Waals surface area contributed by atoms with Gasteiger partial charge in [-0.05, 0) is 31.5 Å². The predicted octanol–water partition coefficient (Wildman–Crippen LogP) is 3.10. The Labute approximate surface area is 132 Å². The van der Waals surface area contributed by atoms with Gasteiger partial charge in [0.1, 0.15) is 11.4 Å². The van der Waals surface area contributed by atoms with Crippen molar-refractivity contribution in [2.45, 2.75) is 13.8 Å². The maximum atomic E-state index is 11.7. The minimum atomic E-state index is -0.553. The molecule has 0 aliphatic carbocycles. The number of fused-ring (bicyclic) bond motifs is 1. The summed E-state index contributed by atoms with van der Waals surface area (Å²) >= 11 is 5.97. The summed E-state index contributed by atoms with van der Waals surface area (Å²) in [6.07, 6.45) is 3.14. The molecule has 5 nitrogen and oxygen atoms in total. The van der Waals surface area contributed by atoms with Gasteiger partial charge in [0.05, 0.1) is 16.3 Å². The number of primary amides is 1. The molecule has 112 valence electrons. The van der Waals surface area contributed by atoms with Crippen LogP contribution in [0, 0.1) is 13.8 Å². The van der Waals surface area contributed by atoms with Gasteiger partial charge in [-0.3, -0.25) is 9.36 Å². The number of aromatic hydroxyl groups is 1. The SMILES string of the molecule is Cc1ccc(O)c(C)c1-n1cc(C(N)=O)c2cc(Cl)cnc21. The van der Waals surface area contributed by atoms with Crippen LogP contribution in [-0.4, -0.2) is 20.6 Å². The van der Waals surface area contributed by atoms with Gasteiger partial charge in [0.15, 0.2) is 0 Å². The Morgan fingerprint density at radius 3 is 2.77 bits per heavy atom. The van der Waals surface area contributed by atoms with E-state index >= 15 is 0 Å². The highest BCUT2D eigenvalue weighted by Crippen LogP contribution is 2.31. The molecule has 3 N–H and O–H groups in total. The Morgan fingerprint density at radius 2 is 2.09 bits per heavy atom. The Hall–Kier alpha value is -2.53. The van der Waals surface area contributed by atoms with E-state index in [-0.39, 0.29) is 5.75 Å². The molecule has 0 saturated heterocycles. The van der Waals surface area contributed by atoms with Crippen LogP contribution in [-0.2, 0) is 0 Å². The summed E-state index contributed by atoms with van der Waals surface area (Å²) in [4.78, 5) is 16.0. The first-order valence-electron chi connectivity index (χ1n) is 6.66. The highest BCUT2D eigenvalue weighted by atomic mass is 35.5. The summed E-state index contributed by atoms with van der Waals surface area (Å²) in [6, 6.07) is 5.11. The summed E-state index contributed by atoms with van der Waals surface area (Å²) in [6.45, 7) is 3.73. The molecule has 0 bridgehead atoms. The van der Waals surface area contributed by atoms with Gasteiger partial charge in [-0.25, -0.2) is 4.98 Å². The van der Waals surface area contributed by atoms with Crippen molar-refractivity contribution in [1.29, 1.82) is 0 Å². The number of aryl methyl sites for hydroxylation is 1. The fourth-order valence-corrected chi connectivity index (χ4v) is 2.80. The molecule has 2 heterocycles. The molecule has 0 spiro atoms. The molecule has 0 unspecified atom stereocenters. The molecule has 1 aromatic carbocycles. The van der Waals surface area contributed by atoms with Gasteiger partial charge in [-0.15, -0.1) is 0 Å². The standard InChI is InChI=1S/C16H14ClN3O2/c1-8-3-4-13(21)9(2)14(8)20-7-12(15(18)22)11-5-10(17)6-19-16(11)20/h3-7,21H,1-2H3,(H2,18,22). The topological polar surface area (TPSA) is 81.1 Å². The van der Waals surface area contributed by atoms with Crippen molar-refractivity contribution >= 4 is 28.5 Å². The van der Waals surface area contributed by atoms with Gasteiger partial charge in [-0.2, -0.15) is 0 Å². The third kappa shape index (κ3) is 2.10. The molecule has 0 aliphatic heterocycles. The molecule has 0 fully saturated rings. The molecule has 22 heavy (non-hydrogen) atoms. The lowest BCUT2D eigenvalue weighted by atomic mass is 10.1. The summed E-state index contributed by atoms with van der Waals surface area (Å²) in [7, 11) is 0. The van der Waals surface area contributed by atoms with Crippen molar-refractivity contribution in [2.75, 3.05) is 0 Å². The molecule has 2 aromatic heterocycles. The van der Waals surface area contributed by atoms with Crippen molar-refractivity contribution in [3.05, 3.63) is 52.3 Å². The van der Waals surface area contributed by atoms with E-state index in [1.807, 2.05) is 19.9 Å². The largest absolute Gasteiger partial charge is 0.508 e. The van der Waals surface area contributed by atoms with Crippen LogP contribution in [0.25, 0.3) is 16.7 Å². The van der Waals surface area contributed by atoms with Crippen LogP contribution in [0.5, 0.6) is 5.75 Å². The zero-order valence-electron chi connectivity index (χ0n) is 12.1. The van der Waals surface area contributed by atoms with E-state index in [0.717, 1.165) is 11.3 Å². The number of halogens is 1. The number of phenols is 1. The number of rotatable bonds is 2. The van der Waals surface area contributed by atoms with Crippen LogP contribution in [0.15, 0.2) is 30.6 Å². The van der Waals surface area contributed by atoms with E-state index < -0.39 is 5.91 Å². The van der Waals surface area contributed by atoms with Gasteiger partial charge in [-0.1, -0.05) is 17.7 Å². The predicted molar refractivity (Wildman–Crippen MR) is 85.7 cm³/mol. The Morgan fingerprint density at radius 1 is 1.36 bits per heavy atom. The normalized spacial score (nSPS) is 11.0. The van der Waals surface area contributed by atoms with Gasteiger partial charge >= 0.3 is 0 Å². The number of hydrogen-bond donors (Lipinski definition) is 2. The highest BCUT2D eigenvalue weighted by Gasteiger charge is 2.18. The highest BCUT2D eigenvalue weighted by molar-refractivity contribution is 6.31. The minimum Gasteiger partial charge on any atom is -0.508 e. The Bertz CT molecular complexity index is 915. The fraction of sp³-hybridized carbons (Fsp3) is 0.125. The molecule has 0 aliphatic rings. The molecule has 0 radical (unpaired) electrons. The zero-order chi connectivity index (χ0) is 16.0. The van der Waals surface area contributed by atoms with Gasteiger partial charge in [0.2, 0.25) is 0 Å². The van der Waals surface area contributed by atoms with Gasteiger partial charge in [0.25, 0.3) is 5.91 Å². The average Bonchev–Trinajstić information content (AvgIpc) is 2.82. The number of carbonyl (C=O) groups excluding carboxylic acids is 1. The van der Waals surface area contributed by atoms with E-state index in [2.05, 4.69) is 4.98 Å². The number of aromatic nitrogens is 2. The fourth-order valence-electron chi connectivity index (χ4n) is 2.64. The van der Waals surface area contributed by atoms with Gasteiger partial charge < -0.3 is 10.8 Å². The van der Waals surface area contributed by atoms with Crippen molar-refractivity contribution in [2.24, 2.45) is 5.73 Å². The molecule has 6 heteroatoms. The lowest BCUT2D eigenvalue weighted by Gasteiger charge is -2.13. The number of phenolic OH excluding ortho intramolecular Hbond substituents is 1. The van der Waals surface area contributed by atoms with Crippen molar-refractivity contribution in [3.8, 4) is 11.4 Å². The second kappa shape index (κ2) is 5.03. The zero-order valence-corrected chi connectivity index (χ0v) is 12.8. The second-order valence-electron chi connectivity index (χ2n) is 5.18. The maximum Gasteiger partial charge on any atom is 0.250 e. The third-order valence-corrected chi connectivity index (χ3v) is 3.93. The number of amides is 1. The summed E-state index contributed by atoms with van der Waals surface area (Å²) in [5.41, 5.74) is 8.77. The van der Waals surface area contributed by atoms with Crippen LogP contribution in [0.4, 0.5) is 0 Å². The monoisotopic (exact) mass is 315 g/mol. The Kier molecular flexibility index (Phi) is 3.30. The first-order valence-corrected chi connectivity index (χ1v) is 7.04. The van der Waals surface area contributed by atoms with Crippen LogP contribution in [0.3, 0.4) is 0 Å². The maximum absolute atomic E-state index is 11.7. The summed E-state index contributed by atoms with van der Waals surface area (Å²) in [5.74, 6) is -0.375. The number of carbonyl (C=O) groups is 1. The van der Waals surface area contributed by atoms with Gasteiger partial charge in [0, 0.05) is 23.3 Å². The quantitative estimate of drug-likeness (QED) is 0.762. The summed E-state index contributed by atoms with van der Waals surface area (Å²) < 4.78 is 1.76. The average molecular weight is 316 g/mol. The molecule has 3 rings (SSSR count). The lowest BCUT2D eigenvalue weighted by Crippen LogP contribution is -2.10. The van der Waals surface area contributed by atoms with E-state index in [1.165, 1.54) is 6.20 Å². The molecular formula is C16H14ClN3O2. The molecule has 0 atom stereocenters. The number of hydrogen-bond acceptors (Lipinski definition) is 3. The van der Waals surface area contributed by atoms with E-state index in [1.54, 1.807) is 22.9 Å². The minimum absolute atomic E-state index is 0.178. The lowest BCUT2D eigenvalue weighted by molar-refractivity contribution is 0.100. The summed E-state index contributed by atoms with van der Waals surface area (Å²) in [5, 5.41) is 11.0. The third-order valence-electron chi connectivity index (χ3n) is 3.72. The van der Waals surface area contributed by atoms with Crippen LogP contribution < -0.4 is 5.73 Å². The molecule has 1 amide bonds. The Balaban J connectivity index is 2.43. The first kappa shape index (κ1) is 14.4. The number of nitrogens with two attached hydrogens (primary N) is 1. The number of pyridine rings is 1. The van der Waals surface area contributed by atoms with Crippen molar-refractivity contribution in [1.82, 2.24) is 9.55 Å². The van der Waals surface area contributed by atoms with Crippen molar-refractivity contribution < 1.29 is 9.90 Å². The first-order chi connectivity index (χ1) is 10.4. The molecule has 0 saturated carbocycles. The number of nitrogens with zero attached hydrogens (tertiary/aromatic N) is 2. The van der Waals surface area contributed by atoms with Crippen molar-refractivity contribution in [3.63, 3.8) is 0 Å². The number of benzene rings is 1. The van der Waals surface area contributed by atoms with E-state index in [9.17, 15) is 9.90 Å². The smallest absolute Gasteiger partial charge is 0.250 e. The second-order valence-corrected chi connectivity index (χ2v) is 5.61. The van der Waals surface area contributed by atoms with Crippen LogP contribution in [0.1, 0.15) is 21.5 Å². The van der Waals surface area contributed by atoms with Crippen LogP contribution in [0.2, 0.25) is 5.02 Å². The van der Waals surface area contributed by atoms with E-state index in [0.29, 0.717) is 27.2 Å². The molecular weight excluding hydrogens is 302 g/mol.